The summed E-state index contributed by atoms with van der Waals surface area (Å²) in [6.45, 7) is 3.51. The quantitative estimate of drug-likeness (QED) is 0.591. The predicted molar refractivity (Wildman–Crippen MR) is 104 cm³/mol. The molecule has 0 saturated carbocycles. The third kappa shape index (κ3) is 5.38. The van der Waals surface area contributed by atoms with E-state index in [1.54, 1.807) is 13.0 Å². The molecule has 25 heavy (non-hydrogen) atoms. The highest BCUT2D eigenvalue weighted by atomic mass is 35.5. The molecule has 6 N–H and O–H groups in total. The van der Waals surface area contributed by atoms with Gasteiger partial charge in [-0.2, -0.15) is 0 Å². The second-order valence-electron chi connectivity index (χ2n) is 5.39. The highest BCUT2D eigenvalue weighted by Crippen LogP contribution is 2.31. The molecule has 0 aliphatic carbocycles. The Bertz CT molecular complexity index is 882. The van der Waals surface area contributed by atoms with Crippen LogP contribution in [0.3, 0.4) is 0 Å². The first-order valence-corrected chi connectivity index (χ1v) is 8.07. The lowest BCUT2D eigenvalue weighted by Crippen LogP contribution is -2.32. The highest BCUT2D eigenvalue weighted by Gasteiger charge is 2.07. The van der Waals surface area contributed by atoms with E-state index in [1.165, 1.54) is 23.5 Å². The summed E-state index contributed by atoms with van der Waals surface area (Å²) in [5.74, 6) is -0.693. The minimum absolute atomic E-state index is 0. The van der Waals surface area contributed by atoms with Crippen molar-refractivity contribution >= 4 is 45.6 Å². The van der Waals surface area contributed by atoms with Crippen molar-refractivity contribution in [1.29, 1.82) is 0 Å². The van der Waals surface area contributed by atoms with Gasteiger partial charge in [0.15, 0.2) is 0 Å². The van der Waals surface area contributed by atoms with Gasteiger partial charge < -0.3 is 17.2 Å². The molecule has 2 aromatic carbocycles. The number of hydrogen-bond acceptors (Lipinski definition) is 5. The van der Waals surface area contributed by atoms with E-state index in [0.29, 0.717) is 0 Å². The third-order valence-corrected chi connectivity index (χ3v) is 4.38. The van der Waals surface area contributed by atoms with Gasteiger partial charge >= 0.3 is 0 Å². The van der Waals surface area contributed by atoms with Crippen LogP contribution in [-0.4, -0.2) is 16.9 Å². The summed E-state index contributed by atoms with van der Waals surface area (Å²) in [6, 6.07) is 9.96. The maximum absolute atomic E-state index is 13.1. The van der Waals surface area contributed by atoms with Crippen LogP contribution in [0.4, 0.5) is 10.1 Å². The molecule has 0 radical (unpaired) electrons. The van der Waals surface area contributed by atoms with E-state index in [9.17, 15) is 9.18 Å². The van der Waals surface area contributed by atoms with Crippen molar-refractivity contribution in [3.63, 3.8) is 0 Å². The normalized spacial score (nSPS) is 11.2. The Morgan fingerprint density at radius 3 is 2.44 bits per heavy atom. The van der Waals surface area contributed by atoms with Gasteiger partial charge in [0.25, 0.3) is 0 Å². The number of nitrogens with two attached hydrogens (primary N) is 3. The topological polar surface area (TPSA) is 108 Å². The molecular formula is C17H20ClFN4OS. The molecule has 1 atom stereocenters. The van der Waals surface area contributed by atoms with E-state index in [-0.39, 0.29) is 18.2 Å². The van der Waals surface area contributed by atoms with Crippen LogP contribution in [0.25, 0.3) is 20.8 Å². The second kappa shape index (κ2) is 8.75. The van der Waals surface area contributed by atoms with Crippen molar-refractivity contribution in [2.75, 3.05) is 5.73 Å². The van der Waals surface area contributed by atoms with Crippen LogP contribution in [0.5, 0.6) is 0 Å². The number of carbonyl (C=O) groups is 1. The van der Waals surface area contributed by atoms with Crippen molar-refractivity contribution in [2.45, 2.75) is 19.9 Å². The lowest BCUT2D eigenvalue weighted by molar-refractivity contribution is -0.118. The average Bonchev–Trinajstić information content (AvgIpc) is 2.93. The van der Waals surface area contributed by atoms with Crippen LogP contribution in [0.15, 0.2) is 36.4 Å². The number of halogens is 2. The number of nitrogen functional groups attached to an aromatic ring is 1. The standard InChI is InChI=1S/C14H11FN2S.C3H8N2O.ClH/c1-8-6-9(2-4-11(8)16)14-17-12-5-3-10(15)7-13(12)18-14;1-2(4)3(5)6;/h2-7H,16H2,1H3;2H,4H2,1H3,(H2,5,6);1H/t;2-;/m.0./s1. The molecular weight excluding hydrogens is 363 g/mol. The van der Waals surface area contributed by atoms with Crippen LogP contribution in [0.2, 0.25) is 0 Å². The van der Waals surface area contributed by atoms with E-state index in [4.69, 9.17) is 11.5 Å². The summed E-state index contributed by atoms with van der Waals surface area (Å²) >= 11 is 1.49. The Balaban J connectivity index is 0.000000390. The molecule has 1 heterocycles. The minimum atomic E-state index is -0.509. The lowest BCUT2D eigenvalue weighted by Gasteiger charge is -2.01. The van der Waals surface area contributed by atoms with E-state index in [2.05, 4.69) is 10.7 Å². The molecule has 0 saturated heterocycles. The minimum Gasteiger partial charge on any atom is -0.399 e. The fourth-order valence-electron chi connectivity index (χ4n) is 1.83. The van der Waals surface area contributed by atoms with E-state index < -0.39 is 11.9 Å². The van der Waals surface area contributed by atoms with Gasteiger partial charge in [-0.05, 0) is 55.8 Å². The van der Waals surface area contributed by atoms with Crippen LogP contribution >= 0.6 is 23.7 Å². The Morgan fingerprint density at radius 1 is 1.24 bits per heavy atom. The van der Waals surface area contributed by atoms with Crippen molar-refractivity contribution in [3.8, 4) is 10.6 Å². The molecule has 0 fully saturated rings. The number of aryl methyl sites for hydroxylation is 1. The number of fused-ring (bicyclic) bond motifs is 1. The molecule has 5 nitrogen and oxygen atoms in total. The lowest BCUT2D eigenvalue weighted by atomic mass is 10.1. The Hall–Kier alpha value is -2.22. The molecule has 0 unspecified atom stereocenters. The Morgan fingerprint density at radius 2 is 1.88 bits per heavy atom. The van der Waals surface area contributed by atoms with Gasteiger partial charge in [0.05, 0.1) is 16.3 Å². The zero-order chi connectivity index (χ0) is 17.9. The zero-order valence-corrected chi connectivity index (χ0v) is 15.5. The van der Waals surface area contributed by atoms with Gasteiger partial charge in [0, 0.05) is 11.3 Å². The van der Waals surface area contributed by atoms with Gasteiger partial charge in [-0.1, -0.05) is 0 Å². The molecule has 0 bridgehead atoms. The Labute approximate surface area is 155 Å². The van der Waals surface area contributed by atoms with Crippen molar-refractivity contribution < 1.29 is 9.18 Å². The summed E-state index contributed by atoms with van der Waals surface area (Å²) in [5.41, 5.74) is 19.1. The van der Waals surface area contributed by atoms with E-state index in [1.807, 2.05) is 25.1 Å². The van der Waals surface area contributed by atoms with E-state index in [0.717, 1.165) is 32.0 Å². The fraction of sp³-hybridized carbons (Fsp3) is 0.176. The smallest absolute Gasteiger partial charge is 0.234 e. The van der Waals surface area contributed by atoms with Gasteiger partial charge in [0.1, 0.15) is 10.8 Å². The predicted octanol–water partition coefficient (Wildman–Crippen LogP) is 3.23. The molecule has 0 spiro atoms. The molecule has 3 rings (SSSR count). The number of hydrogen-bond donors (Lipinski definition) is 3. The Kier molecular flexibility index (Phi) is 7.29. The van der Waals surface area contributed by atoms with Gasteiger partial charge in [-0.3, -0.25) is 4.79 Å². The first kappa shape index (κ1) is 20.8. The molecule has 1 aromatic heterocycles. The first-order valence-electron chi connectivity index (χ1n) is 7.25. The van der Waals surface area contributed by atoms with Crippen molar-refractivity contribution in [1.82, 2.24) is 4.98 Å². The molecule has 3 aromatic rings. The zero-order valence-electron chi connectivity index (χ0n) is 13.8. The largest absolute Gasteiger partial charge is 0.399 e. The molecule has 1 amide bonds. The maximum atomic E-state index is 13.1. The van der Waals surface area contributed by atoms with Gasteiger partial charge in [-0.25, -0.2) is 9.37 Å². The number of amides is 1. The number of primary amides is 1. The number of aromatic nitrogens is 1. The maximum Gasteiger partial charge on any atom is 0.234 e. The second-order valence-corrected chi connectivity index (χ2v) is 6.42. The van der Waals surface area contributed by atoms with Crippen molar-refractivity contribution in [3.05, 3.63) is 47.8 Å². The summed E-state index contributed by atoms with van der Waals surface area (Å²) in [6.07, 6.45) is 0. The number of nitrogens with zero attached hydrogens (tertiary/aromatic N) is 1. The molecule has 134 valence electrons. The highest BCUT2D eigenvalue weighted by molar-refractivity contribution is 7.21. The van der Waals surface area contributed by atoms with Gasteiger partial charge in [-0.15, -0.1) is 23.7 Å². The number of rotatable bonds is 2. The summed E-state index contributed by atoms with van der Waals surface area (Å²) in [7, 11) is 0. The number of anilines is 1. The van der Waals surface area contributed by atoms with Crippen LogP contribution in [-0.2, 0) is 4.79 Å². The monoisotopic (exact) mass is 382 g/mol. The third-order valence-electron chi connectivity index (χ3n) is 3.32. The van der Waals surface area contributed by atoms with Crippen LogP contribution in [0, 0.1) is 12.7 Å². The average molecular weight is 383 g/mol. The van der Waals surface area contributed by atoms with Crippen molar-refractivity contribution in [2.24, 2.45) is 11.5 Å². The summed E-state index contributed by atoms with van der Waals surface area (Å²) in [5, 5.41) is 0.888. The van der Waals surface area contributed by atoms with E-state index >= 15 is 0 Å². The molecule has 0 aliphatic heterocycles. The van der Waals surface area contributed by atoms with Crippen LogP contribution in [0.1, 0.15) is 12.5 Å². The fourth-order valence-corrected chi connectivity index (χ4v) is 2.82. The number of carbonyl (C=O) groups excluding carboxylic acids is 1. The first-order chi connectivity index (χ1) is 11.3. The molecule has 8 heteroatoms. The van der Waals surface area contributed by atoms with Gasteiger partial charge in [0.2, 0.25) is 5.91 Å². The number of thiazole rings is 1. The van der Waals surface area contributed by atoms with Crippen LogP contribution < -0.4 is 17.2 Å². The number of benzene rings is 2. The SMILES string of the molecule is C[C@H](N)C(N)=O.Cc1cc(-c2nc3ccc(F)cc3s2)ccc1N.Cl. The summed E-state index contributed by atoms with van der Waals surface area (Å²) < 4.78 is 14.0. The molecule has 0 aliphatic rings. The summed E-state index contributed by atoms with van der Waals surface area (Å²) in [4.78, 5) is 14.3.